The molecule has 2 amide bonds. The summed E-state index contributed by atoms with van der Waals surface area (Å²) >= 11 is 1.59. The first kappa shape index (κ1) is 19.0. The third-order valence-electron chi connectivity index (χ3n) is 4.16. The Bertz CT molecular complexity index is 829. The average Bonchev–Trinajstić information content (AvgIpc) is 3.35. The second-order valence-electron chi connectivity index (χ2n) is 6.08. The van der Waals surface area contributed by atoms with Crippen molar-refractivity contribution in [2.45, 2.75) is 26.1 Å². The molecule has 0 aliphatic carbocycles. The number of carbonyl (C=O) groups excluding carboxylic acids is 1. The fourth-order valence-electron chi connectivity index (χ4n) is 2.69. The van der Waals surface area contributed by atoms with Crippen LogP contribution in [0.15, 0.2) is 58.5 Å². The van der Waals surface area contributed by atoms with E-state index in [4.69, 9.17) is 9.15 Å². The zero-order valence-electron chi connectivity index (χ0n) is 15.1. The highest BCUT2D eigenvalue weighted by atomic mass is 32.1. The molecule has 0 radical (unpaired) electrons. The third kappa shape index (κ3) is 4.89. The Balaban J connectivity index is 1.71. The van der Waals surface area contributed by atoms with Crippen molar-refractivity contribution in [2.75, 3.05) is 7.11 Å². The number of hydrogen-bond donors (Lipinski definition) is 1. The third-order valence-corrected chi connectivity index (χ3v) is 5.02. The van der Waals surface area contributed by atoms with Gasteiger partial charge in [0.15, 0.2) is 11.6 Å². The van der Waals surface area contributed by atoms with Crippen LogP contribution in [0.25, 0.3) is 0 Å². The summed E-state index contributed by atoms with van der Waals surface area (Å²) in [7, 11) is 1.42. The maximum atomic E-state index is 14.0. The number of nitrogens with one attached hydrogen (secondary N) is 1. The molecule has 0 saturated carbocycles. The van der Waals surface area contributed by atoms with Gasteiger partial charge in [-0.1, -0.05) is 12.1 Å². The molecule has 5 nitrogen and oxygen atoms in total. The number of hydrogen-bond acceptors (Lipinski definition) is 4. The van der Waals surface area contributed by atoms with Gasteiger partial charge in [-0.05, 0) is 48.2 Å². The van der Waals surface area contributed by atoms with E-state index in [0.29, 0.717) is 24.4 Å². The summed E-state index contributed by atoms with van der Waals surface area (Å²) in [5.74, 6) is 0.418. The van der Waals surface area contributed by atoms with E-state index in [2.05, 4.69) is 5.32 Å². The fraction of sp³-hybridized carbons (Fsp3) is 0.250. The van der Waals surface area contributed by atoms with E-state index < -0.39 is 5.82 Å². The topological polar surface area (TPSA) is 54.7 Å². The van der Waals surface area contributed by atoms with Gasteiger partial charge in [-0.25, -0.2) is 9.18 Å². The van der Waals surface area contributed by atoms with E-state index in [1.54, 1.807) is 40.7 Å². The van der Waals surface area contributed by atoms with Crippen LogP contribution in [0, 0.1) is 5.82 Å². The highest BCUT2D eigenvalue weighted by Gasteiger charge is 2.19. The summed E-state index contributed by atoms with van der Waals surface area (Å²) in [5, 5.41) is 4.90. The zero-order chi connectivity index (χ0) is 19.2. The molecule has 0 fully saturated rings. The van der Waals surface area contributed by atoms with Crippen LogP contribution in [0.3, 0.4) is 0 Å². The maximum absolute atomic E-state index is 14.0. The van der Waals surface area contributed by atoms with Crippen molar-refractivity contribution >= 4 is 17.4 Å². The molecule has 0 bridgehead atoms. The molecule has 0 saturated heterocycles. The molecule has 2 aromatic heterocycles. The largest absolute Gasteiger partial charge is 0.494 e. The van der Waals surface area contributed by atoms with Gasteiger partial charge in [0.05, 0.1) is 32.5 Å². The first-order chi connectivity index (χ1) is 13.1. The van der Waals surface area contributed by atoms with Gasteiger partial charge in [0.25, 0.3) is 0 Å². The fourth-order valence-corrected chi connectivity index (χ4v) is 3.41. The van der Waals surface area contributed by atoms with Gasteiger partial charge in [-0.15, -0.1) is 11.3 Å². The molecule has 1 aromatic carbocycles. The molecule has 0 unspecified atom stereocenters. The van der Waals surface area contributed by atoms with E-state index in [9.17, 15) is 9.18 Å². The van der Waals surface area contributed by atoms with Crippen LogP contribution in [0.5, 0.6) is 5.75 Å². The van der Waals surface area contributed by atoms with Gasteiger partial charge in [0.2, 0.25) is 0 Å². The Morgan fingerprint density at radius 1 is 1.30 bits per heavy atom. The second-order valence-corrected chi connectivity index (χ2v) is 7.11. The predicted octanol–water partition coefficient (Wildman–Crippen LogP) is 4.96. The Morgan fingerprint density at radius 3 is 2.78 bits per heavy atom. The van der Waals surface area contributed by atoms with Crippen molar-refractivity contribution in [3.8, 4) is 5.75 Å². The molecule has 1 atom stereocenters. The normalized spacial score (nSPS) is 11.8. The summed E-state index contributed by atoms with van der Waals surface area (Å²) < 4.78 is 24.3. The van der Waals surface area contributed by atoms with Crippen LogP contribution < -0.4 is 10.1 Å². The summed E-state index contributed by atoms with van der Waals surface area (Å²) in [6.45, 7) is 2.63. The minimum atomic E-state index is -0.456. The standard InChI is InChI=1S/C20H21FN2O3S/c1-14(15-7-8-19(25-2)18(21)11-15)22-20(24)23(12-16-5-3-9-26-16)13-17-6-4-10-27-17/h3-11,14H,12-13H2,1-2H3,(H,22,24)/t14-/m0/s1. The number of amides is 2. The van der Waals surface area contributed by atoms with E-state index in [1.165, 1.54) is 13.2 Å². The van der Waals surface area contributed by atoms with Gasteiger partial charge in [0, 0.05) is 4.88 Å². The van der Waals surface area contributed by atoms with E-state index in [1.807, 2.05) is 30.5 Å². The summed E-state index contributed by atoms with van der Waals surface area (Å²) in [5.41, 5.74) is 0.663. The Kier molecular flexibility index (Phi) is 6.13. The number of urea groups is 1. The van der Waals surface area contributed by atoms with Crippen LogP contribution in [0.1, 0.15) is 29.2 Å². The first-order valence-corrected chi connectivity index (χ1v) is 9.38. The Morgan fingerprint density at radius 2 is 2.15 bits per heavy atom. The summed E-state index contributed by atoms with van der Waals surface area (Å²) in [4.78, 5) is 15.6. The molecule has 7 heteroatoms. The van der Waals surface area contributed by atoms with E-state index in [0.717, 1.165) is 4.88 Å². The van der Waals surface area contributed by atoms with Crippen molar-refractivity contribution in [3.63, 3.8) is 0 Å². The summed E-state index contributed by atoms with van der Waals surface area (Å²) in [6, 6.07) is 11.6. The molecule has 0 spiro atoms. The van der Waals surface area contributed by atoms with Crippen LogP contribution in [0.4, 0.5) is 9.18 Å². The smallest absolute Gasteiger partial charge is 0.318 e. The van der Waals surface area contributed by atoms with E-state index >= 15 is 0 Å². The SMILES string of the molecule is COc1ccc([C@H](C)NC(=O)N(Cc2ccco2)Cc2cccs2)cc1F. The predicted molar refractivity (Wildman–Crippen MR) is 102 cm³/mol. The number of ether oxygens (including phenoxy) is 1. The molecule has 3 rings (SSSR count). The van der Waals surface area contributed by atoms with Crippen LogP contribution >= 0.6 is 11.3 Å². The maximum Gasteiger partial charge on any atom is 0.318 e. The van der Waals surface area contributed by atoms with Crippen molar-refractivity contribution < 1.29 is 18.3 Å². The molecular formula is C20H21FN2O3S. The van der Waals surface area contributed by atoms with Gasteiger partial charge < -0.3 is 19.4 Å². The zero-order valence-corrected chi connectivity index (χ0v) is 16.0. The van der Waals surface area contributed by atoms with E-state index in [-0.39, 0.29) is 17.8 Å². The molecule has 142 valence electrons. The van der Waals surface area contributed by atoms with Gasteiger partial charge in [-0.2, -0.15) is 0 Å². The quantitative estimate of drug-likeness (QED) is 0.622. The number of rotatable bonds is 7. The lowest BCUT2D eigenvalue weighted by Gasteiger charge is -2.24. The highest BCUT2D eigenvalue weighted by Crippen LogP contribution is 2.22. The van der Waals surface area contributed by atoms with Crippen molar-refractivity contribution in [1.29, 1.82) is 0 Å². The average molecular weight is 388 g/mol. The number of halogens is 1. The van der Waals surface area contributed by atoms with Crippen LogP contribution in [-0.2, 0) is 13.1 Å². The highest BCUT2D eigenvalue weighted by molar-refractivity contribution is 7.09. The molecule has 27 heavy (non-hydrogen) atoms. The monoisotopic (exact) mass is 388 g/mol. The number of furan rings is 1. The summed E-state index contributed by atoms with van der Waals surface area (Å²) in [6.07, 6.45) is 1.58. The number of carbonyl (C=O) groups is 1. The molecule has 0 aliphatic rings. The lowest BCUT2D eigenvalue weighted by atomic mass is 10.1. The van der Waals surface area contributed by atoms with Crippen LogP contribution in [-0.4, -0.2) is 18.0 Å². The van der Waals surface area contributed by atoms with Crippen molar-refractivity contribution in [3.05, 3.63) is 76.1 Å². The minimum Gasteiger partial charge on any atom is -0.494 e. The van der Waals surface area contributed by atoms with Gasteiger partial charge in [0.1, 0.15) is 5.76 Å². The number of nitrogens with zero attached hydrogens (tertiary/aromatic N) is 1. The van der Waals surface area contributed by atoms with Gasteiger partial charge >= 0.3 is 6.03 Å². The minimum absolute atomic E-state index is 0.175. The number of methoxy groups -OCH3 is 1. The Labute approximate surface area is 161 Å². The molecule has 2 heterocycles. The number of thiophene rings is 1. The molecule has 3 aromatic rings. The Hall–Kier alpha value is -2.80. The van der Waals surface area contributed by atoms with Crippen LogP contribution in [0.2, 0.25) is 0 Å². The first-order valence-electron chi connectivity index (χ1n) is 8.50. The lowest BCUT2D eigenvalue weighted by molar-refractivity contribution is 0.184. The van der Waals surface area contributed by atoms with Crippen molar-refractivity contribution in [2.24, 2.45) is 0 Å². The second kappa shape index (κ2) is 8.73. The molecular weight excluding hydrogens is 367 g/mol. The lowest BCUT2D eigenvalue weighted by Crippen LogP contribution is -2.40. The molecule has 1 N–H and O–H groups in total. The number of benzene rings is 1. The molecule has 0 aliphatic heterocycles. The van der Waals surface area contributed by atoms with Crippen molar-refractivity contribution in [1.82, 2.24) is 10.2 Å². The van der Waals surface area contributed by atoms with Gasteiger partial charge in [-0.3, -0.25) is 0 Å².